The van der Waals surface area contributed by atoms with Crippen molar-refractivity contribution >= 4 is 44.1 Å². The zero-order valence-electron chi connectivity index (χ0n) is 22.0. The number of carboxylic acids is 1. The molecule has 4 aromatic rings. The molecule has 10 heteroatoms. The molecule has 1 saturated heterocycles. The summed E-state index contributed by atoms with van der Waals surface area (Å²) in [5, 5.41) is 10.4. The van der Waals surface area contributed by atoms with Gasteiger partial charge < -0.3 is 19.6 Å². The van der Waals surface area contributed by atoms with Crippen LogP contribution in [0.2, 0.25) is 0 Å². The van der Waals surface area contributed by atoms with Gasteiger partial charge in [-0.15, -0.1) is 0 Å². The molecule has 39 heavy (non-hydrogen) atoms. The lowest BCUT2D eigenvalue weighted by atomic mass is 10.1. The summed E-state index contributed by atoms with van der Waals surface area (Å²) in [7, 11) is -2.22. The summed E-state index contributed by atoms with van der Waals surface area (Å²) in [6, 6.07) is 19.4. The van der Waals surface area contributed by atoms with E-state index in [0.717, 1.165) is 30.1 Å². The molecule has 3 aromatic carbocycles. The number of sulfonamides is 1. The van der Waals surface area contributed by atoms with Crippen LogP contribution in [-0.4, -0.2) is 57.8 Å². The third kappa shape index (κ3) is 5.46. The van der Waals surface area contributed by atoms with Crippen molar-refractivity contribution in [1.29, 1.82) is 0 Å². The molecule has 0 bridgehead atoms. The Morgan fingerprint density at radius 1 is 0.923 bits per heavy atom. The number of carbonyl (C=O) groups is 1. The van der Waals surface area contributed by atoms with Crippen LogP contribution in [-0.2, 0) is 10.0 Å². The highest BCUT2D eigenvalue weighted by molar-refractivity contribution is 7.92. The van der Waals surface area contributed by atoms with Crippen LogP contribution >= 0.6 is 0 Å². The van der Waals surface area contributed by atoms with Gasteiger partial charge in [-0.2, -0.15) is 0 Å². The van der Waals surface area contributed by atoms with E-state index in [1.807, 2.05) is 31.2 Å². The van der Waals surface area contributed by atoms with Crippen LogP contribution < -0.4 is 19.3 Å². The molecule has 0 unspecified atom stereocenters. The van der Waals surface area contributed by atoms with Gasteiger partial charge in [-0.05, 0) is 74.0 Å². The van der Waals surface area contributed by atoms with Crippen molar-refractivity contribution in [3.05, 3.63) is 83.4 Å². The first-order valence-electron chi connectivity index (χ1n) is 12.6. The van der Waals surface area contributed by atoms with Crippen molar-refractivity contribution in [2.24, 2.45) is 0 Å². The van der Waals surface area contributed by atoms with Crippen molar-refractivity contribution in [3.8, 4) is 5.75 Å². The van der Waals surface area contributed by atoms with Gasteiger partial charge in [0.25, 0.3) is 10.0 Å². The zero-order chi connectivity index (χ0) is 27.7. The van der Waals surface area contributed by atoms with Gasteiger partial charge in [0.05, 0.1) is 23.1 Å². The molecule has 0 radical (unpaired) electrons. The van der Waals surface area contributed by atoms with Crippen LogP contribution in [0.1, 0.15) is 21.5 Å². The predicted molar refractivity (Wildman–Crippen MR) is 153 cm³/mol. The zero-order valence-corrected chi connectivity index (χ0v) is 22.8. The number of aryl methyl sites for hydroxylation is 2. The van der Waals surface area contributed by atoms with Crippen LogP contribution in [0.15, 0.2) is 71.6 Å². The lowest BCUT2D eigenvalue weighted by Gasteiger charge is -2.37. The molecule has 202 valence electrons. The monoisotopic (exact) mass is 546 g/mol. The molecular formula is C29H30N4O5S. The van der Waals surface area contributed by atoms with Crippen molar-refractivity contribution in [1.82, 2.24) is 4.98 Å². The topological polar surface area (TPSA) is 112 Å². The van der Waals surface area contributed by atoms with E-state index < -0.39 is 16.0 Å². The molecule has 1 aromatic heterocycles. The largest absolute Gasteiger partial charge is 0.497 e. The van der Waals surface area contributed by atoms with Crippen molar-refractivity contribution in [2.75, 3.05) is 47.8 Å². The standard InChI is InChI=1S/C29H30N4O5S/c1-19-4-11-27(20(2)16-19)39(36,37)31-21-5-10-26-24(17-21)25(29(34)35)18-28(30-26)33-14-12-32(13-15-33)22-6-8-23(38-3)9-7-22/h4-11,16-18,31H,12-15H2,1-3H3,(H,34,35). The number of piperazine rings is 1. The predicted octanol–water partition coefficient (Wildman–Crippen LogP) is 4.69. The molecular weight excluding hydrogens is 516 g/mol. The number of nitrogens with zero attached hydrogens (tertiary/aromatic N) is 3. The summed E-state index contributed by atoms with van der Waals surface area (Å²) in [4.78, 5) is 21.5. The minimum absolute atomic E-state index is 0.0696. The molecule has 1 aliphatic heterocycles. The Kier molecular flexibility index (Phi) is 7.05. The first-order valence-corrected chi connectivity index (χ1v) is 14.0. The molecule has 0 amide bonds. The van der Waals surface area contributed by atoms with Crippen molar-refractivity contribution < 1.29 is 23.1 Å². The number of aromatic carboxylic acids is 1. The minimum atomic E-state index is -3.86. The highest BCUT2D eigenvalue weighted by Crippen LogP contribution is 2.29. The summed E-state index contributed by atoms with van der Waals surface area (Å²) in [5.41, 5.74) is 3.52. The highest BCUT2D eigenvalue weighted by atomic mass is 32.2. The second-order valence-corrected chi connectivity index (χ2v) is 11.3. The summed E-state index contributed by atoms with van der Waals surface area (Å²) in [6.07, 6.45) is 0. The molecule has 0 spiro atoms. The van der Waals surface area contributed by atoms with E-state index in [9.17, 15) is 18.3 Å². The van der Waals surface area contributed by atoms with Gasteiger partial charge in [-0.1, -0.05) is 17.7 Å². The van der Waals surface area contributed by atoms with E-state index in [0.29, 0.717) is 35.4 Å². The lowest BCUT2D eigenvalue weighted by molar-refractivity contribution is 0.0699. The maximum absolute atomic E-state index is 13.1. The second kappa shape index (κ2) is 10.5. The van der Waals surface area contributed by atoms with Gasteiger partial charge in [0.1, 0.15) is 11.6 Å². The van der Waals surface area contributed by atoms with E-state index >= 15 is 0 Å². The molecule has 5 rings (SSSR count). The summed E-state index contributed by atoms with van der Waals surface area (Å²) in [5.74, 6) is 0.285. The Balaban J connectivity index is 1.39. The van der Waals surface area contributed by atoms with Crippen LogP contribution in [0, 0.1) is 13.8 Å². The van der Waals surface area contributed by atoms with Crippen LogP contribution in [0.3, 0.4) is 0 Å². The van der Waals surface area contributed by atoms with Gasteiger partial charge in [-0.3, -0.25) is 4.72 Å². The van der Waals surface area contributed by atoms with Crippen LogP contribution in [0.25, 0.3) is 10.9 Å². The number of benzene rings is 3. The minimum Gasteiger partial charge on any atom is -0.497 e. The van der Waals surface area contributed by atoms with Crippen molar-refractivity contribution in [2.45, 2.75) is 18.7 Å². The number of ether oxygens (including phenoxy) is 1. The number of nitrogens with one attached hydrogen (secondary N) is 1. The number of hydrogen-bond acceptors (Lipinski definition) is 7. The SMILES string of the molecule is COc1ccc(N2CCN(c3cc(C(=O)O)c4cc(NS(=O)(=O)c5ccc(C)cc5C)ccc4n3)CC2)cc1. The fourth-order valence-electron chi connectivity index (χ4n) is 4.91. The van der Waals surface area contributed by atoms with E-state index in [2.05, 4.69) is 14.5 Å². The highest BCUT2D eigenvalue weighted by Gasteiger charge is 2.22. The Morgan fingerprint density at radius 3 is 2.26 bits per heavy atom. The van der Waals surface area contributed by atoms with Crippen molar-refractivity contribution in [3.63, 3.8) is 0 Å². The molecule has 0 atom stereocenters. The fourth-order valence-corrected chi connectivity index (χ4v) is 6.19. The number of carboxylic acid groups (broad SMARTS) is 1. The van der Waals surface area contributed by atoms with E-state index in [1.165, 1.54) is 6.07 Å². The molecule has 9 nitrogen and oxygen atoms in total. The van der Waals surface area contributed by atoms with E-state index in [1.54, 1.807) is 50.4 Å². The summed E-state index contributed by atoms with van der Waals surface area (Å²) < 4.78 is 33.9. The molecule has 0 aliphatic carbocycles. The number of rotatable bonds is 7. The fraction of sp³-hybridized carbons (Fsp3) is 0.241. The normalized spacial score (nSPS) is 13.9. The molecule has 1 aliphatic rings. The van der Waals surface area contributed by atoms with Gasteiger partial charge in [0.15, 0.2) is 0 Å². The second-order valence-electron chi connectivity index (χ2n) is 9.61. The lowest BCUT2D eigenvalue weighted by Crippen LogP contribution is -2.46. The Hall–Kier alpha value is -4.31. The quantitative estimate of drug-likeness (QED) is 0.344. The van der Waals surface area contributed by atoms with Gasteiger partial charge in [-0.25, -0.2) is 18.2 Å². The number of hydrogen-bond donors (Lipinski definition) is 2. The summed E-state index contributed by atoms with van der Waals surface area (Å²) in [6.45, 7) is 6.51. The van der Waals surface area contributed by atoms with E-state index in [4.69, 9.17) is 9.72 Å². The average Bonchev–Trinajstić information content (AvgIpc) is 2.92. The maximum Gasteiger partial charge on any atom is 0.336 e. The number of pyridine rings is 1. The molecule has 1 fully saturated rings. The molecule has 2 heterocycles. The van der Waals surface area contributed by atoms with Gasteiger partial charge in [0, 0.05) is 42.9 Å². The third-order valence-corrected chi connectivity index (χ3v) is 8.48. The summed E-state index contributed by atoms with van der Waals surface area (Å²) >= 11 is 0. The Morgan fingerprint density at radius 2 is 1.62 bits per heavy atom. The first-order chi connectivity index (χ1) is 18.6. The first kappa shape index (κ1) is 26.3. The number of fused-ring (bicyclic) bond motifs is 1. The van der Waals surface area contributed by atoms with E-state index in [-0.39, 0.29) is 16.1 Å². The number of aromatic nitrogens is 1. The Bertz CT molecular complexity index is 1650. The molecule has 0 saturated carbocycles. The maximum atomic E-state index is 13.1. The van der Waals surface area contributed by atoms with Gasteiger partial charge in [0.2, 0.25) is 0 Å². The molecule has 2 N–H and O–H groups in total. The number of methoxy groups -OCH3 is 1. The van der Waals surface area contributed by atoms with Crippen LogP contribution in [0.5, 0.6) is 5.75 Å². The Labute approximate surface area is 227 Å². The number of anilines is 3. The smallest absolute Gasteiger partial charge is 0.336 e. The van der Waals surface area contributed by atoms with Gasteiger partial charge >= 0.3 is 5.97 Å². The van der Waals surface area contributed by atoms with Crippen LogP contribution in [0.4, 0.5) is 17.2 Å². The average molecular weight is 547 g/mol. The third-order valence-electron chi connectivity index (χ3n) is 6.94.